The molecule has 4 heteroatoms. The maximum atomic E-state index is 7.75. The van der Waals surface area contributed by atoms with Crippen LogP contribution in [0, 0.1) is 6.08 Å². The van der Waals surface area contributed by atoms with Gasteiger partial charge in [-0.3, -0.25) is 26.4 Å². The van der Waals surface area contributed by atoms with E-state index in [9.17, 15) is 0 Å². The van der Waals surface area contributed by atoms with Crippen molar-refractivity contribution in [3.8, 4) is 0 Å². The van der Waals surface area contributed by atoms with E-state index >= 15 is 0 Å². The zero-order valence-corrected chi connectivity index (χ0v) is 8.69. The summed E-state index contributed by atoms with van der Waals surface area (Å²) < 4.78 is 0. The van der Waals surface area contributed by atoms with Gasteiger partial charge in [-0.2, -0.15) is 6.42 Å². The third kappa shape index (κ3) is 35.3. The topological polar surface area (TPSA) is 51.2 Å². The Labute approximate surface area is 91.7 Å². The minimum absolute atomic E-state index is 0. The molecule has 13 heavy (non-hydrogen) atoms. The van der Waals surface area contributed by atoms with Crippen molar-refractivity contribution in [2.75, 3.05) is 0 Å². The first-order valence-electron chi connectivity index (χ1n) is 2.91. The van der Waals surface area contributed by atoms with Crippen molar-refractivity contribution < 1.29 is 33.9 Å². The second-order valence-electron chi connectivity index (χ2n) is 1.32. The molecule has 0 bridgehead atoms. The molecule has 0 aromatic heterocycles. The predicted octanol–water partition coefficient (Wildman–Crippen LogP) is 0.871. The Hall–Kier alpha value is -0.887. The summed E-state index contributed by atoms with van der Waals surface area (Å²) in [6.07, 6.45) is 11.5. The largest absolute Gasteiger partial charge is 4.00 e. The van der Waals surface area contributed by atoms with Crippen LogP contribution in [0.25, 0.3) is 0 Å². The van der Waals surface area contributed by atoms with Gasteiger partial charge in [0.25, 0.3) is 0 Å². The fourth-order valence-electron chi connectivity index (χ4n) is 0.482. The summed E-state index contributed by atoms with van der Waals surface area (Å²) in [5.74, 6) is 0. The molecule has 1 aliphatic rings. The van der Waals surface area contributed by atoms with Crippen LogP contribution >= 0.6 is 0 Å². The number of carbonyl (C=O) groups excluding carboxylic acids is 3. The maximum Gasteiger partial charge on any atom is 4.00 e. The minimum atomic E-state index is 0. The number of hydrogen-bond donors (Lipinski definition) is 0. The van der Waals surface area contributed by atoms with Crippen LogP contribution in [0.15, 0.2) is 18.2 Å². The SMILES string of the molecule is [C-]1=CCC=CC1.[CH-]=O.[CH-]=O.[CH-]=O.[Ru+4]. The average molecular weight is 267 g/mol. The van der Waals surface area contributed by atoms with E-state index < -0.39 is 0 Å². The second-order valence-corrected chi connectivity index (χ2v) is 1.32. The van der Waals surface area contributed by atoms with E-state index in [1.807, 2.05) is 0 Å². The maximum absolute atomic E-state index is 7.75. The summed E-state index contributed by atoms with van der Waals surface area (Å²) in [4.78, 5) is 23.2. The van der Waals surface area contributed by atoms with Crippen molar-refractivity contribution in [2.45, 2.75) is 12.8 Å². The first-order chi connectivity index (χ1) is 6.00. The Balaban J connectivity index is -0.0000000508. The molecule has 0 fully saturated rings. The first-order valence-corrected chi connectivity index (χ1v) is 2.91. The Morgan fingerprint density at radius 3 is 1.46 bits per heavy atom. The van der Waals surface area contributed by atoms with Crippen LogP contribution in [-0.4, -0.2) is 20.4 Å². The molecule has 3 nitrogen and oxygen atoms in total. The Bertz CT molecular complexity index is 99.3. The van der Waals surface area contributed by atoms with Gasteiger partial charge in [-0.15, -0.1) is 6.08 Å². The van der Waals surface area contributed by atoms with Crippen LogP contribution in [0.1, 0.15) is 12.8 Å². The van der Waals surface area contributed by atoms with Gasteiger partial charge < -0.3 is 20.5 Å². The molecule has 0 saturated carbocycles. The third-order valence-corrected chi connectivity index (χ3v) is 0.801. The van der Waals surface area contributed by atoms with E-state index in [1.165, 1.54) is 0 Å². The van der Waals surface area contributed by atoms with Gasteiger partial charge in [0, 0.05) is 0 Å². The van der Waals surface area contributed by atoms with Crippen molar-refractivity contribution in [2.24, 2.45) is 0 Å². The molecular weight excluding hydrogens is 257 g/mol. The molecular formula is C9H10O3Ru. The number of hydrogen-bond acceptors (Lipinski definition) is 3. The fourth-order valence-corrected chi connectivity index (χ4v) is 0.482. The normalized spacial score (nSPS) is 9.54. The molecule has 0 aromatic rings. The Morgan fingerprint density at radius 2 is 1.38 bits per heavy atom. The van der Waals surface area contributed by atoms with Gasteiger partial charge in [-0.05, 0) is 6.42 Å². The molecule has 0 amide bonds. The molecule has 0 N–H and O–H groups in total. The summed E-state index contributed by atoms with van der Waals surface area (Å²) in [6.45, 7) is 9.75. The van der Waals surface area contributed by atoms with Crippen molar-refractivity contribution in [1.29, 1.82) is 0 Å². The third-order valence-electron chi connectivity index (χ3n) is 0.801. The van der Waals surface area contributed by atoms with E-state index in [2.05, 4.69) is 44.7 Å². The smallest absolute Gasteiger partial charge is 0.545 e. The van der Waals surface area contributed by atoms with E-state index in [-0.39, 0.29) is 19.5 Å². The number of rotatable bonds is 0. The van der Waals surface area contributed by atoms with Gasteiger partial charge >= 0.3 is 19.5 Å². The summed E-state index contributed by atoms with van der Waals surface area (Å²) in [5, 5.41) is 0. The Morgan fingerprint density at radius 1 is 0.923 bits per heavy atom. The van der Waals surface area contributed by atoms with Gasteiger partial charge in [-0.1, -0.05) is 6.08 Å². The molecule has 0 saturated heterocycles. The first kappa shape index (κ1) is 22.7. The summed E-state index contributed by atoms with van der Waals surface area (Å²) in [5.41, 5.74) is 0. The molecule has 0 spiro atoms. The Kier molecular flexibility index (Phi) is 76.0. The van der Waals surface area contributed by atoms with E-state index in [4.69, 9.17) is 14.4 Å². The average Bonchev–Trinajstić information content (AvgIpc) is 2.29. The molecule has 0 aromatic carbocycles. The van der Waals surface area contributed by atoms with Crippen molar-refractivity contribution in [1.82, 2.24) is 0 Å². The standard InChI is InChI=1S/C6H7.3CHO.Ru/c1-2-4-6-5-3-1;3*1-2;/h1-2,5H,3-4H2;3*1H;/q4*-1;+4. The van der Waals surface area contributed by atoms with Crippen molar-refractivity contribution >= 4 is 20.4 Å². The van der Waals surface area contributed by atoms with Crippen LogP contribution in [0.4, 0.5) is 0 Å². The summed E-state index contributed by atoms with van der Waals surface area (Å²) >= 11 is 0. The zero-order valence-electron chi connectivity index (χ0n) is 6.96. The van der Waals surface area contributed by atoms with Crippen LogP contribution in [0.3, 0.4) is 0 Å². The van der Waals surface area contributed by atoms with Crippen molar-refractivity contribution in [3.63, 3.8) is 0 Å². The van der Waals surface area contributed by atoms with Crippen LogP contribution in [0.2, 0.25) is 0 Å². The molecule has 0 aliphatic heterocycles. The summed E-state index contributed by atoms with van der Waals surface area (Å²) in [7, 11) is 0. The van der Waals surface area contributed by atoms with E-state index in [1.54, 1.807) is 0 Å². The van der Waals surface area contributed by atoms with Gasteiger partial charge in [0.1, 0.15) is 0 Å². The molecule has 0 heterocycles. The summed E-state index contributed by atoms with van der Waals surface area (Å²) in [6, 6.07) is 0. The van der Waals surface area contributed by atoms with Crippen LogP contribution in [-0.2, 0) is 33.9 Å². The van der Waals surface area contributed by atoms with E-state index in [0.29, 0.717) is 0 Å². The van der Waals surface area contributed by atoms with Crippen LogP contribution in [0.5, 0.6) is 0 Å². The van der Waals surface area contributed by atoms with Gasteiger partial charge in [0.2, 0.25) is 0 Å². The zero-order chi connectivity index (χ0) is 10.2. The monoisotopic (exact) mass is 268 g/mol. The number of allylic oxidation sites excluding steroid dienone is 4. The van der Waals surface area contributed by atoms with Crippen molar-refractivity contribution in [3.05, 3.63) is 24.3 Å². The molecule has 72 valence electrons. The molecule has 1 aliphatic carbocycles. The van der Waals surface area contributed by atoms with Gasteiger partial charge in [0.05, 0.1) is 0 Å². The molecule has 1 rings (SSSR count). The predicted molar refractivity (Wildman–Crippen MR) is 46.4 cm³/mol. The molecule has 0 atom stereocenters. The van der Waals surface area contributed by atoms with Crippen LogP contribution < -0.4 is 0 Å². The quantitative estimate of drug-likeness (QED) is 0.283. The molecule has 0 radical (unpaired) electrons. The molecule has 0 unspecified atom stereocenters. The van der Waals surface area contributed by atoms with Gasteiger partial charge in [-0.25, -0.2) is 0 Å². The minimum Gasteiger partial charge on any atom is -0.545 e. The van der Waals surface area contributed by atoms with E-state index in [0.717, 1.165) is 12.8 Å². The second kappa shape index (κ2) is 43.5. The van der Waals surface area contributed by atoms with Gasteiger partial charge in [0.15, 0.2) is 0 Å². The fraction of sp³-hybridized carbons (Fsp3) is 0.222.